The first kappa shape index (κ1) is 16.5. The lowest BCUT2D eigenvalue weighted by molar-refractivity contribution is -0.0444. The number of hydrogen-bond acceptors (Lipinski definition) is 4. The average Bonchev–Trinajstić information content (AvgIpc) is 2.52. The van der Waals surface area contributed by atoms with Crippen molar-refractivity contribution in [2.45, 2.75) is 38.8 Å². The molecule has 5 heteroatoms. The SMILES string of the molecule is C[C@H]1COC[C@H](C)N1CC1CCN(c2c(N)cccc2F)CC1. The Bertz CT molecular complexity index is 501. The van der Waals surface area contributed by atoms with E-state index in [9.17, 15) is 4.39 Å². The second kappa shape index (κ2) is 7.05. The van der Waals surface area contributed by atoms with Gasteiger partial charge in [0.1, 0.15) is 5.82 Å². The molecule has 2 aliphatic rings. The predicted molar refractivity (Wildman–Crippen MR) is 92.2 cm³/mol. The number of anilines is 2. The van der Waals surface area contributed by atoms with Gasteiger partial charge in [-0.25, -0.2) is 4.39 Å². The molecule has 2 heterocycles. The Hall–Kier alpha value is -1.33. The number of morpholine rings is 1. The Morgan fingerprint density at radius 2 is 1.83 bits per heavy atom. The fraction of sp³-hybridized carbons (Fsp3) is 0.667. The number of ether oxygens (including phenoxy) is 1. The smallest absolute Gasteiger partial charge is 0.148 e. The summed E-state index contributed by atoms with van der Waals surface area (Å²) in [5.74, 6) is 0.459. The van der Waals surface area contributed by atoms with E-state index in [1.54, 1.807) is 12.1 Å². The molecular formula is C18H28FN3O. The molecular weight excluding hydrogens is 293 g/mol. The zero-order chi connectivity index (χ0) is 16.4. The minimum atomic E-state index is -0.209. The van der Waals surface area contributed by atoms with Crippen LogP contribution in [-0.2, 0) is 4.74 Å². The van der Waals surface area contributed by atoms with Crippen molar-refractivity contribution in [1.82, 2.24) is 4.90 Å². The van der Waals surface area contributed by atoms with Gasteiger partial charge in [-0.05, 0) is 44.7 Å². The number of benzene rings is 1. The molecule has 0 unspecified atom stereocenters. The van der Waals surface area contributed by atoms with Crippen LogP contribution in [0.1, 0.15) is 26.7 Å². The maximum Gasteiger partial charge on any atom is 0.148 e. The normalized spacial score (nSPS) is 27.3. The number of para-hydroxylation sites is 1. The van der Waals surface area contributed by atoms with Crippen LogP contribution in [0.3, 0.4) is 0 Å². The topological polar surface area (TPSA) is 41.7 Å². The van der Waals surface area contributed by atoms with Crippen molar-refractivity contribution in [1.29, 1.82) is 0 Å². The van der Waals surface area contributed by atoms with Gasteiger partial charge in [-0.2, -0.15) is 0 Å². The van der Waals surface area contributed by atoms with Crippen LogP contribution in [0.25, 0.3) is 0 Å². The monoisotopic (exact) mass is 321 g/mol. The first-order chi connectivity index (χ1) is 11.1. The molecule has 0 aromatic heterocycles. The van der Waals surface area contributed by atoms with Crippen LogP contribution < -0.4 is 10.6 Å². The number of piperidine rings is 1. The molecule has 0 saturated carbocycles. The lowest BCUT2D eigenvalue weighted by Crippen LogP contribution is -2.52. The third-order valence-corrected chi connectivity index (χ3v) is 5.27. The summed E-state index contributed by atoms with van der Waals surface area (Å²) in [6.07, 6.45) is 2.18. The Morgan fingerprint density at radius 1 is 1.17 bits per heavy atom. The first-order valence-corrected chi connectivity index (χ1v) is 8.68. The van der Waals surface area contributed by atoms with E-state index in [-0.39, 0.29) is 5.82 Å². The minimum Gasteiger partial charge on any atom is -0.397 e. The molecule has 23 heavy (non-hydrogen) atoms. The molecule has 2 saturated heterocycles. The molecule has 0 bridgehead atoms. The van der Waals surface area contributed by atoms with Gasteiger partial charge in [0.25, 0.3) is 0 Å². The van der Waals surface area contributed by atoms with Crippen LogP contribution in [0.4, 0.5) is 15.8 Å². The largest absolute Gasteiger partial charge is 0.397 e. The fourth-order valence-electron chi connectivity index (χ4n) is 3.90. The van der Waals surface area contributed by atoms with Crippen LogP contribution in [0, 0.1) is 11.7 Å². The van der Waals surface area contributed by atoms with E-state index in [0.717, 1.165) is 45.7 Å². The molecule has 2 atom stereocenters. The van der Waals surface area contributed by atoms with Gasteiger partial charge < -0.3 is 15.4 Å². The average molecular weight is 321 g/mol. The van der Waals surface area contributed by atoms with Gasteiger partial charge in [0.2, 0.25) is 0 Å². The quantitative estimate of drug-likeness (QED) is 0.869. The predicted octanol–water partition coefficient (Wildman–Crippen LogP) is 2.73. The van der Waals surface area contributed by atoms with Crippen LogP contribution in [0.15, 0.2) is 18.2 Å². The van der Waals surface area contributed by atoms with Crippen molar-refractivity contribution in [2.24, 2.45) is 5.92 Å². The Labute approximate surface area is 138 Å². The van der Waals surface area contributed by atoms with Gasteiger partial charge in [0.05, 0.1) is 24.6 Å². The van der Waals surface area contributed by atoms with Gasteiger partial charge in [0, 0.05) is 31.7 Å². The van der Waals surface area contributed by atoms with Crippen molar-refractivity contribution in [3.63, 3.8) is 0 Å². The standard InChI is InChI=1S/C18H28FN3O/c1-13-11-23-12-14(2)22(13)10-15-6-8-21(9-7-15)18-16(19)4-3-5-17(18)20/h3-5,13-15H,6-12,20H2,1-2H3/t13-,14-/m0/s1. The van der Waals surface area contributed by atoms with Crippen molar-refractivity contribution in [3.05, 3.63) is 24.0 Å². The van der Waals surface area contributed by atoms with Crippen molar-refractivity contribution < 1.29 is 9.13 Å². The van der Waals surface area contributed by atoms with E-state index in [1.807, 2.05) is 0 Å². The summed E-state index contributed by atoms with van der Waals surface area (Å²) in [4.78, 5) is 4.68. The summed E-state index contributed by atoms with van der Waals surface area (Å²) in [5, 5.41) is 0. The van der Waals surface area contributed by atoms with E-state index in [1.165, 1.54) is 6.07 Å². The Kier molecular flexibility index (Phi) is 5.07. The molecule has 4 nitrogen and oxygen atoms in total. The highest BCUT2D eigenvalue weighted by molar-refractivity contribution is 5.68. The van der Waals surface area contributed by atoms with Gasteiger partial charge in [-0.1, -0.05) is 6.07 Å². The Balaban J connectivity index is 1.58. The molecule has 128 valence electrons. The second-order valence-electron chi connectivity index (χ2n) is 7.04. The van der Waals surface area contributed by atoms with E-state index in [0.29, 0.717) is 29.4 Å². The van der Waals surface area contributed by atoms with E-state index < -0.39 is 0 Å². The summed E-state index contributed by atoms with van der Waals surface area (Å²) in [6.45, 7) is 9.01. The highest BCUT2D eigenvalue weighted by atomic mass is 19.1. The molecule has 0 radical (unpaired) electrons. The highest BCUT2D eigenvalue weighted by Gasteiger charge is 2.30. The summed E-state index contributed by atoms with van der Waals surface area (Å²) >= 11 is 0. The van der Waals surface area contributed by atoms with Crippen LogP contribution in [0.5, 0.6) is 0 Å². The van der Waals surface area contributed by atoms with Gasteiger partial charge >= 0.3 is 0 Å². The summed E-state index contributed by atoms with van der Waals surface area (Å²) in [5.41, 5.74) is 7.09. The van der Waals surface area contributed by atoms with Crippen LogP contribution in [-0.4, -0.2) is 49.8 Å². The number of nitrogen functional groups attached to an aromatic ring is 1. The molecule has 0 spiro atoms. The second-order valence-corrected chi connectivity index (χ2v) is 7.04. The first-order valence-electron chi connectivity index (χ1n) is 8.68. The summed E-state index contributed by atoms with van der Waals surface area (Å²) < 4.78 is 19.7. The molecule has 1 aromatic rings. The third-order valence-electron chi connectivity index (χ3n) is 5.27. The van der Waals surface area contributed by atoms with E-state index in [2.05, 4.69) is 23.6 Å². The molecule has 2 fully saturated rings. The van der Waals surface area contributed by atoms with E-state index in [4.69, 9.17) is 10.5 Å². The van der Waals surface area contributed by atoms with Gasteiger partial charge in [-0.15, -0.1) is 0 Å². The third kappa shape index (κ3) is 3.61. The van der Waals surface area contributed by atoms with Crippen molar-refractivity contribution in [3.8, 4) is 0 Å². The fourth-order valence-corrected chi connectivity index (χ4v) is 3.90. The molecule has 2 aliphatic heterocycles. The van der Waals surface area contributed by atoms with Gasteiger partial charge in [-0.3, -0.25) is 4.90 Å². The van der Waals surface area contributed by atoms with Gasteiger partial charge in [0.15, 0.2) is 0 Å². The highest BCUT2D eigenvalue weighted by Crippen LogP contribution is 2.31. The maximum atomic E-state index is 14.1. The van der Waals surface area contributed by atoms with Crippen LogP contribution >= 0.6 is 0 Å². The lowest BCUT2D eigenvalue weighted by atomic mass is 9.94. The maximum absolute atomic E-state index is 14.1. The minimum absolute atomic E-state index is 0.209. The number of hydrogen-bond donors (Lipinski definition) is 1. The number of nitrogens with two attached hydrogens (primary N) is 1. The number of nitrogens with zero attached hydrogens (tertiary/aromatic N) is 2. The summed E-state index contributed by atoms with van der Waals surface area (Å²) in [7, 11) is 0. The zero-order valence-electron chi connectivity index (χ0n) is 14.2. The van der Waals surface area contributed by atoms with Crippen molar-refractivity contribution >= 4 is 11.4 Å². The molecule has 1 aromatic carbocycles. The molecule has 0 amide bonds. The molecule has 3 rings (SSSR count). The molecule has 2 N–H and O–H groups in total. The zero-order valence-corrected chi connectivity index (χ0v) is 14.2. The Morgan fingerprint density at radius 3 is 2.43 bits per heavy atom. The summed E-state index contributed by atoms with van der Waals surface area (Å²) in [6, 6.07) is 5.91. The number of rotatable bonds is 3. The molecule has 0 aliphatic carbocycles. The van der Waals surface area contributed by atoms with E-state index >= 15 is 0 Å². The van der Waals surface area contributed by atoms with Crippen molar-refractivity contribution in [2.75, 3.05) is 43.5 Å². The van der Waals surface area contributed by atoms with Crippen LogP contribution in [0.2, 0.25) is 0 Å². The number of halogens is 1. The lowest BCUT2D eigenvalue weighted by Gasteiger charge is -2.42.